The first kappa shape index (κ1) is 16.4. The van der Waals surface area contributed by atoms with Gasteiger partial charge in [0.2, 0.25) is 5.91 Å². The zero-order valence-electron chi connectivity index (χ0n) is 12.2. The van der Waals surface area contributed by atoms with Crippen molar-refractivity contribution in [3.05, 3.63) is 0 Å². The number of hydrogen-bond donors (Lipinski definition) is 1. The number of amides is 1. The van der Waals surface area contributed by atoms with Crippen LogP contribution in [0, 0.1) is 0 Å². The molecule has 1 atom stereocenters. The van der Waals surface area contributed by atoms with Crippen molar-refractivity contribution in [2.45, 2.75) is 52.0 Å². The Labute approximate surface area is 122 Å². The third kappa shape index (κ3) is 5.45. The second-order valence-electron chi connectivity index (χ2n) is 5.31. The molecule has 4 nitrogen and oxygen atoms in total. The van der Waals surface area contributed by atoms with Gasteiger partial charge in [-0.1, -0.05) is 38.4 Å². The Morgan fingerprint density at radius 3 is 2.37 bits per heavy atom. The number of nitrogens with two attached hydrogens (primary N) is 1. The van der Waals surface area contributed by atoms with Crippen molar-refractivity contribution in [3.63, 3.8) is 0 Å². The lowest BCUT2D eigenvalue weighted by Gasteiger charge is -2.37. The van der Waals surface area contributed by atoms with Gasteiger partial charge in [-0.05, 0) is 13.3 Å². The summed E-state index contributed by atoms with van der Waals surface area (Å²) in [5, 5.41) is 0. The van der Waals surface area contributed by atoms with Crippen molar-refractivity contribution in [2.24, 2.45) is 5.73 Å². The molecule has 1 amide bonds. The van der Waals surface area contributed by atoms with E-state index in [1.165, 1.54) is 19.3 Å². The third-order valence-electron chi connectivity index (χ3n) is 3.87. The number of carbonyl (C=O) groups is 1. The number of unbranched alkanes of at least 4 members (excludes halogenated alkanes) is 3. The molecule has 19 heavy (non-hydrogen) atoms. The highest BCUT2D eigenvalue weighted by Crippen LogP contribution is 2.10. The minimum Gasteiger partial charge on any atom is -0.392 e. The molecule has 1 fully saturated rings. The molecule has 1 aliphatic heterocycles. The van der Waals surface area contributed by atoms with Crippen molar-refractivity contribution in [1.29, 1.82) is 0 Å². The Morgan fingerprint density at radius 1 is 1.21 bits per heavy atom. The van der Waals surface area contributed by atoms with Crippen LogP contribution in [0.15, 0.2) is 0 Å². The second kappa shape index (κ2) is 8.48. The molecular weight excluding hydrogens is 258 g/mol. The summed E-state index contributed by atoms with van der Waals surface area (Å²) in [6.07, 6.45) is 5.33. The average Bonchev–Trinajstić information content (AvgIpc) is 2.42. The maximum absolute atomic E-state index is 12.0. The number of piperazine rings is 1. The summed E-state index contributed by atoms with van der Waals surface area (Å²) in [5.74, 6) is 0.304. The normalized spacial score (nSPS) is 18.3. The van der Waals surface area contributed by atoms with Crippen LogP contribution in [0.2, 0.25) is 0 Å². The Balaban J connectivity index is 2.25. The Kier molecular flexibility index (Phi) is 7.31. The van der Waals surface area contributed by atoms with Gasteiger partial charge in [-0.3, -0.25) is 9.69 Å². The van der Waals surface area contributed by atoms with Crippen LogP contribution in [0.4, 0.5) is 0 Å². The van der Waals surface area contributed by atoms with E-state index in [9.17, 15) is 4.79 Å². The average molecular weight is 285 g/mol. The predicted octanol–water partition coefficient (Wildman–Crippen LogP) is 1.78. The van der Waals surface area contributed by atoms with Crippen LogP contribution >= 0.6 is 12.2 Å². The first-order chi connectivity index (χ1) is 9.06. The van der Waals surface area contributed by atoms with Gasteiger partial charge >= 0.3 is 0 Å². The van der Waals surface area contributed by atoms with E-state index in [2.05, 4.69) is 11.8 Å². The zero-order valence-corrected chi connectivity index (χ0v) is 13.0. The molecule has 1 rings (SSSR count). The molecule has 0 saturated carbocycles. The topological polar surface area (TPSA) is 49.6 Å². The molecule has 1 aliphatic rings. The summed E-state index contributed by atoms with van der Waals surface area (Å²) < 4.78 is 0. The molecule has 2 N–H and O–H groups in total. The van der Waals surface area contributed by atoms with Gasteiger partial charge in [-0.25, -0.2) is 0 Å². The third-order valence-corrected chi connectivity index (χ3v) is 4.21. The van der Waals surface area contributed by atoms with E-state index < -0.39 is 0 Å². The van der Waals surface area contributed by atoms with Crippen molar-refractivity contribution >= 4 is 23.1 Å². The molecule has 110 valence electrons. The minimum atomic E-state index is 0.136. The summed E-state index contributed by atoms with van der Waals surface area (Å²) in [4.78, 5) is 16.8. The predicted molar refractivity (Wildman–Crippen MR) is 83.2 cm³/mol. The van der Waals surface area contributed by atoms with Crippen molar-refractivity contribution in [3.8, 4) is 0 Å². The van der Waals surface area contributed by atoms with E-state index in [4.69, 9.17) is 18.0 Å². The summed E-state index contributed by atoms with van der Waals surface area (Å²) in [6, 6.07) is 0.136. The summed E-state index contributed by atoms with van der Waals surface area (Å²) in [6.45, 7) is 7.58. The van der Waals surface area contributed by atoms with E-state index >= 15 is 0 Å². The Bertz CT molecular complexity index is 301. The lowest BCUT2D eigenvalue weighted by Crippen LogP contribution is -2.53. The lowest BCUT2D eigenvalue weighted by atomic mass is 10.1. The molecule has 0 aromatic heterocycles. The molecule has 0 bridgehead atoms. The van der Waals surface area contributed by atoms with Crippen LogP contribution in [0.1, 0.15) is 46.0 Å². The minimum absolute atomic E-state index is 0.136. The molecule has 5 heteroatoms. The number of nitrogens with zero attached hydrogens (tertiary/aromatic N) is 2. The number of hydrogen-bond acceptors (Lipinski definition) is 3. The zero-order chi connectivity index (χ0) is 14.3. The smallest absolute Gasteiger partial charge is 0.222 e. The Morgan fingerprint density at radius 2 is 1.84 bits per heavy atom. The fourth-order valence-corrected chi connectivity index (χ4v) is 2.55. The fourth-order valence-electron chi connectivity index (χ4n) is 2.40. The first-order valence-electron chi connectivity index (χ1n) is 7.37. The Hall–Kier alpha value is -0.680. The van der Waals surface area contributed by atoms with Gasteiger partial charge in [0.25, 0.3) is 0 Å². The highest BCUT2D eigenvalue weighted by Gasteiger charge is 2.24. The quantitative estimate of drug-likeness (QED) is 0.572. The van der Waals surface area contributed by atoms with Crippen LogP contribution in [-0.4, -0.2) is 52.9 Å². The standard InChI is InChI=1S/C14H27N3OS/c1-3-4-5-6-7-13(18)17-10-8-16(9-11-17)12(2)14(15)19/h12H,3-11H2,1-2H3,(H2,15,19). The number of carbonyl (C=O) groups excluding carboxylic acids is 1. The van der Waals surface area contributed by atoms with Crippen LogP contribution in [-0.2, 0) is 4.79 Å². The van der Waals surface area contributed by atoms with Crippen molar-refractivity contribution in [2.75, 3.05) is 26.2 Å². The van der Waals surface area contributed by atoms with Crippen LogP contribution in [0.5, 0.6) is 0 Å². The van der Waals surface area contributed by atoms with Gasteiger partial charge in [0, 0.05) is 32.6 Å². The van der Waals surface area contributed by atoms with Crippen LogP contribution in [0.3, 0.4) is 0 Å². The molecule has 1 unspecified atom stereocenters. The monoisotopic (exact) mass is 285 g/mol. The van der Waals surface area contributed by atoms with Gasteiger partial charge in [0.15, 0.2) is 0 Å². The van der Waals surface area contributed by atoms with E-state index in [1.54, 1.807) is 0 Å². The highest BCUT2D eigenvalue weighted by molar-refractivity contribution is 7.80. The summed E-state index contributed by atoms with van der Waals surface area (Å²) in [5.41, 5.74) is 5.66. The lowest BCUT2D eigenvalue weighted by molar-refractivity contribution is -0.133. The van der Waals surface area contributed by atoms with Crippen molar-refractivity contribution in [1.82, 2.24) is 9.80 Å². The van der Waals surface area contributed by atoms with Crippen LogP contribution in [0.25, 0.3) is 0 Å². The van der Waals surface area contributed by atoms with Crippen LogP contribution < -0.4 is 5.73 Å². The summed E-state index contributed by atoms with van der Waals surface area (Å²) >= 11 is 5.02. The first-order valence-corrected chi connectivity index (χ1v) is 7.78. The summed E-state index contributed by atoms with van der Waals surface area (Å²) in [7, 11) is 0. The number of thiocarbonyl (C=S) groups is 1. The van der Waals surface area contributed by atoms with Gasteiger partial charge in [-0.15, -0.1) is 0 Å². The molecular formula is C14H27N3OS. The molecule has 0 aromatic carbocycles. The van der Waals surface area contributed by atoms with Gasteiger partial charge in [0.1, 0.15) is 0 Å². The highest BCUT2D eigenvalue weighted by atomic mass is 32.1. The van der Waals surface area contributed by atoms with Crippen molar-refractivity contribution < 1.29 is 4.79 Å². The molecule has 0 aromatic rings. The van der Waals surface area contributed by atoms with Gasteiger partial charge in [0.05, 0.1) is 11.0 Å². The number of rotatable bonds is 7. The van der Waals surface area contributed by atoms with E-state index in [0.29, 0.717) is 17.3 Å². The fraction of sp³-hybridized carbons (Fsp3) is 0.857. The van der Waals surface area contributed by atoms with E-state index in [0.717, 1.165) is 32.6 Å². The van der Waals surface area contributed by atoms with Gasteiger partial charge < -0.3 is 10.6 Å². The molecule has 1 heterocycles. The molecule has 0 spiro atoms. The maximum atomic E-state index is 12.0. The molecule has 0 aliphatic carbocycles. The SMILES string of the molecule is CCCCCCC(=O)N1CCN(C(C)C(N)=S)CC1. The molecule has 1 saturated heterocycles. The van der Waals surface area contributed by atoms with E-state index in [1.807, 2.05) is 11.8 Å². The van der Waals surface area contributed by atoms with E-state index in [-0.39, 0.29) is 6.04 Å². The maximum Gasteiger partial charge on any atom is 0.222 e. The largest absolute Gasteiger partial charge is 0.392 e. The second-order valence-corrected chi connectivity index (χ2v) is 5.78. The van der Waals surface area contributed by atoms with Gasteiger partial charge in [-0.2, -0.15) is 0 Å². The molecule has 0 radical (unpaired) electrons.